The molecule has 2 rings (SSSR count). The number of hydrogen-bond donors (Lipinski definition) is 0. The second-order valence-electron chi connectivity index (χ2n) is 5.21. The molecule has 1 unspecified atom stereocenters. The van der Waals surface area contributed by atoms with E-state index in [0.717, 1.165) is 17.5 Å². The van der Waals surface area contributed by atoms with E-state index in [1.165, 1.54) is 18.4 Å². The van der Waals surface area contributed by atoms with Crippen LogP contribution in [-0.4, -0.2) is 5.78 Å². The Kier molecular flexibility index (Phi) is 5.11. The van der Waals surface area contributed by atoms with E-state index in [1.807, 2.05) is 42.5 Å². The molecular weight excluding hydrogens is 244 g/mol. The van der Waals surface area contributed by atoms with Crippen LogP contribution in [0.25, 0.3) is 0 Å². The monoisotopic (exact) mass is 266 g/mol. The van der Waals surface area contributed by atoms with Gasteiger partial charge in [0.15, 0.2) is 5.78 Å². The third-order valence-electron chi connectivity index (χ3n) is 3.81. The average Bonchev–Trinajstić information content (AvgIpc) is 2.53. The lowest BCUT2D eigenvalue weighted by Gasteiger charge is -2.14. The highest BCUT2D eigenvalue weighted by Gasteiger charge is 2.11. The van der Waals surface area contributed by atoms with Gasteiger partial charge in [0, 0.05) is 11.1 Å². The zero-order valence-corrected chi connectivity index (χ0v) is 12.3. The van der Waals surface area contributed by atoms with Crippen LogP contribution in [-0.2, 0) is 0 Å². The first-order chi connectivity index (χ1) is 9.76. The van der Waals surface area contributed by atoms with E-state index in [4.69, 9.17) is 0 Å². The molecule has 2 aromatic rings. The molecule has 0 N–H and O–H groups in total. The molecule has 0 spiro atoms. The maximum absolute atomic E-state index is 12.3. The molecule has 0 aliphatic heterocycles. The summed E-state index contributed by atoms with van der Waals surface area (Å²) < 4.78 is 0. The maximum atomic E-state index is 12.3. The van der Waals surface area contributed by atoms with Gasteiger partial charge < -0.3 is 0 Å². The summed E-state index contributed by atoms with van der Waals surface area (Å²) in [7, 11) is 0. The molecule has 2 aromatic carbocycles. The number of rotatable bonds is 6. The summed E-state index contributed by atoms with van der Waals surface area (Å²) in [6, 6.07) is 17.6. The molecule has 1 heteroatoms. The van der Waals surface area contributed by atoms with Gasteiger partial charge in [0.2, 0.25) is 0 Å². The first-order valence-corrected chi connectivity index (χ1v) is 7.46. The van der Waals surface area contributed by atoms with Crippen LogP contribution in [0.5, 0.6) is 0 Å². The van der Waals surface area contributed by atoms with Gasteiger partial charge in [0.1, 0.15) is 0 Å². The van der Waals surface area contributed by atoms with Crippen molar-refractivity contribution in [3.63, 3.8) is 0 Å². The molecule has 1 nitrogen and oxygen atoms in total. The summed E-state index contributed by atoms with van der Waals surface area (Å²) in [5, 5.41) is 0. The van der Waals surface area contributed by atoms with Gasteiger partial charge in [-0.1, -0.05) is 74.9 Å². The molecule has 0 aromatic heterocycles. The van der Waals surface area contributed by atoms with E-state index in [9.17, 15) is 4.79 Å². The van der Waals surface area contributed by atoms with E-state index in [0.29, 0.717) is 5.92 Å². The van der Waals surface area contributed by atoms with E-state index in [1.54, 1.807) is 0 Å². The van der Waals surface area contributed by atoms with Gasteiger partial charge in [0.25, 0.3) is 0 Å². The highest BCUT2D eigenvalue weighted by Crippen LogP contribution is 2.25. The summed E-state index contributed by atoms with van der Waals surface area (Å²) in [6.45, 7) is 4.44. The quantitative estimate of drug-likeness (QED) is 0.656. The third-order valence-corrected chi connectivity index (χ3v) is 3.81. The van der Waals surface area contributed by atoms with Crippen LogP contribution in [0.15, 0.2) is 54.6 Å². The van der Waals surface area contributed by atoms with Crippen LogP contribution in [0.3, 0.4) is 0 Å². The molecular formula is C19H22O. The van der Waals surface area contributed by atoms with Gasteiger partial charge in [-0.2, -0.15) is 0 Å². The van der Waals surface area contributed by atoms with Gasteiger partial charge >= 0.3 is 0 Å². The maximum Gasteiger partial charge on any atom is 0.193 e. The normalized spacial score (nSPS) is 12.1. The Morgan fingerprint density at radius 2 is 1.50 bits per heavy atom. The molecule has 0 radical (unpaired) electrons. The first kappa shape index (κ1) is 14.5. The Bertz CT molecular complexity index is 540. The lowest BCUT2D eigenvalue weighted by molar-refractivity contribution is 0.103. The van der Waals surface area contributed by atoms with Crippen LogP contribution >= 0.6 is 0 Å². The Balaban J connectivity index is 2.18. The third kappa shape index (κ3) is 3.36. The zero-order valence-electron chi connectivity index (χ0n) is 12.3. The minimum Gasteiger partial charge on any atom is -0.289 e. The molecule has 0 bridgehead atoms. The number of carbonyl (C=O) groups is 1. The van der Waals surface area contributed by atoms with Gasteiger partial charge in [-0.05, 0) is 24.3 Å². The summed E-state index contributed by atoms with van der Waals surface area (Å²) in [5.74, 6) is 0.710. The largest absolute Gasteiger partial charge is 0.289 e. The summed E-state index contributed by atoms with van der Waals surface area (Å²) >= 11 is 0. The van der Waals surface area contributed by atoms with E-state index in [2.05, 4.69) is 26.0 Å². The minimum atomic E-state index is 0.0979. The van der Waals surface area contributed by atoms with E-state index in [-0.39, 0.29) is 5.78 Å². The van der Waals surface area contributed by atoms with Crippen molar-refractivity contribution in [2.45, 2.75) is 39.0 Å². The lowest BCUT2D eigenvalue weighted by Crippen LogP contribution is -2.02. The number of ketones is 1. The van der Waals surface area contributed by atoms with Gasteiger partial charge in [-0.15, -0.1) is 0 Å². The summed E-state index contributed by atoms with van der Waals surface area (Å²) in [5.41, 5.74) is 2.87. The molecule has 0 fully saturated rings. The molecule has 1 atom stereocenters. The smallest absolute Gasteiger partial charge is 0.193 e. The molecule has 0 aliphatic rings. The Labute approximate surface area is 121 Å². The van der Waals surface area contributed by atoms with Gasteiger partial charge in [-0.3, -0.25) is 4.79 Å². The minimum absolute atomic E-state index is 0.0979. The van der Waals surface area contributed by atoms with Crippen LogP contribution in [0.4, 0.5) is 0 Å². The van der Waals surface area contributed by atoms with Crippen LogP contribution < -0.4 is 0 Å². The van der Waals surface area contributed by atoms with Gasteiger partial charge in [-0.25, -0.2) is 0 Å². The Morgan fingerprint density at radius 1 is 0.900 bits per heavy atom. The van der Waals surface area contributed by atoms with E-state index >= 15 is 0 Å². The number of hydrogen-bond acceptors (Lipinski definition) is 1. The predicted octanol–water partition coefficient (Wildman–Crippen LogP) is 5.21. The fourth-order valence-corrected chi connectivity index (χ4v) is 2.62. The number of carbonyl (C=O) groups excluding carboxylic acids is 1. The number of benzene rings is 2. The first-order valence-electron chi connectivity index (χ1n) is 7.46. The summed E-state index contributed by atoms with van der Waals surface area (Å²) in [6.07, 6.45) is 3.56. The van der Waals surface area contributed by atoms with Crippen LogP contribution in [0, 0.1) is 0 Å². The van der Waals surface area contributed by atoms with Crippen molar-refractivity contribution in [1.29, 1.82) is 0 Å². The molecule has 0 saturated carbocycles. The highest BCUT2D eigenvalue weighted by atomic mass is 16.1. The Hall–Kier alpha value is -1.89. The molecule has 104 valence electrons. The van der Waals surface area contributed by atoms with Gasteiger partial charge in [0.05, 0.1) is 0 Å². The SMILES string of the molecule is CCCC(CC)c1ccc(C(=O)c2ccccc2)cc1. The zero-order chi connectivity index (χ0) is 14.4. The van der Waals surface area contributed by atoms with Crippen LogP contribution in [0.2, 0.25) is 0 Å². The average molecular weight is 266 g/mol. The molecule has 0 aliphatic carbocycles. The topological polar surface area (TPSA) is 17.1 Å². The van der Waals surface area contributed by atoms with E-state index < -0.39 is 0 Å². The fourth-order valence-electron chi connectivity index (χ4n) is 2.62. The van der Waals surface area contributed by atoms with Crippen molar-refractivity contribution >= 4 is 5.78 Å². The molecule has 0 saturated heterocycles. The van der Waals surface area contributed by atoms with Crippen molar-refractivity contribution in [2.24, 2.45) is 0 Å². The molecule has 0 amide bonds. The molecule has 20 heavy (non-hydrogen) atoms. The molecule has 0 heterocycles. The van der Waals surface area contributed by atoms with Crippen molar-refractivity contribution < 1.29 is 4.79 Å². The predicted molar refractivity (Wildman–Crippen MR) is 84.3 cm³/mol. The van der Waals surface area contributed by atoms with Crippen molar-refractivity contribution in [3.8, 4) is 0 Å². The highest BCUT2D eigenvalue weighted by molar-refractivity contribution is 6.08. The van der Waals surface area contributed by atoms with Crippen molar-refractivity contribution in [3.05, 3.63) is 71.3 Å². The fraction of sp³-hybridized carbons (Fsp3) is 0.316. The van der Waals surface area contributed by atoms with Crippen molar-refractivity contribution in [1.82, 2.24) is 0 Å². The van der Waals surface area contributed by atoms with Crippen molar-refractivity contribution in [2.75, 3.05) is 0 Å². The second kappa shape index (κ2) is 7.04. The van der Waals surface area contributed by atoms with Crippen LogP contribution in [0.1, 0.15) is 60.5 Å². The Morgan fingerprint density at radius 3 is 2.05 bits per heavy atom. The lowest BCUT2D eigenvalue weighted by atomic mass is 9.91. The second-order valence-corrected chi connectivity index (χ2v) is 5.21. The standard InChI is InChI=1S/C19H22O/c1-3-8-15(4-2)16-11-13-18(14-12-16)19(20)17-9-6-5-7-10-17/h5-7,9-15H,3-4,8H2,1-2H3. The summed E-state index contributed by atoms with van der Waals surface area (Å²) in [4.78, 5) is 12.3.